The van der Waals surface area contributed by atoms with Crippen LogP contribution in [0.3, 0.4) is 0 Å². The van der Waals surface area contributed by atoms with E-state index in [1.165, 1.54) is 0 Å². The van der Waals surface area contributed by atoms with E-state index in [1.54, 1.807) is 0 Å². The first-order valence-corrected chi connectivity index (χ1v) is 3.95. The smallest absolute Gasteiger partial charge is 0.132 e. The summed E-state index contributed by atoms with van der Waals surface area (Å²) in [7, 11) is 0. The van der Waals surface area contributed by atoms with E-state index in [0.717, 1.165) is 6.42 Å². The Bertz CT molecular complexity index is 165. The average molecular weight is 154 g/mol. The van der Waals surface area contributed by atoms with E-state index in [4.69, 9.17) is 10.00 Å². The predicted octanol–water partition coefficient (Wildman–Crippen LogP) is 0.667. The van der Waals surface area contributed by atoms with Crippen LogP contribution in [-0.4, -0.2) is 24.8 Å². The zero-order chi connectivity index (χ0) is 8.32. The van der Waals surface area contributed by atoms with Crippen LogP contribution in [0.4, 0.5) is 0 Å². The van der Waals surface area contributed by atoms with Gasteiger partial charge in [0.1, 0.15) is 5.54 Å². The van der Waals surface area contributed by atoms with Gasteiger partial charge in [0.2, 0.25) is 0 Å². The van der Waals surface area contributed by atoms with Gasteiger partial charge in [0.25, 0.3) is 0 Å². The third-order valence-electron chi connectivity index (χ3n) is 1.80. The number of nitrogens with one attached hydrogen (secondary N) is 1. The quantitative estimate of drug-likeness (QED) is 0.635. The van der Waals surface area contributed by atoms with E-state index in [2.05, 4.69) is 11.4 Å². The molecule has 1 N–H and O–H groups in total. The van der Waals surface area contributed by atoms with Crippen LogP contribution in [0.1, 0.15) is 20.3 Å². The second kappa shape index (κ2) is 3.21. The van der Waals surface area contributed by atoms with Crippen molar-refractivity contribution >= 4 is 0 Å². The fourth-order valence-electron chi connectivity index (χ4n) is 1.35. The van der Waals surface area contributed by atoms with Crippen LogP contribution in [0.2, 0.25) is 0 Å². The molecule has 0 spiro atoms. The molecular weight excluding hydrogens is 140 g/mol. The van der Waals surface area contributed by atoms with Crippen LogP contribution in [0.5, 0.6) is 0 Å². The van der Waals surface area contributed by atoms with Crippen molar-refractivity contribution < 1.29 is 4.74 Å². The molecule has 1 aliphatic rings. The molecule has 11 heavy (non-hydrogen) atoms. The molecule has 1 heterocycles. The Balaban J connectivity index is 2.54. The van der Waals surface area contributed by atoms with Crippen LogP contribution < -0.4 is 5.32 Å². The summed E-state index contributed by atoms with van der Waals surface area (Å²) in [5, 5.41) is 12.1. The van der Waals surface area contributed by atoms with Gasteiger partial charge in [-0.15, -0.1) is 0 Å². The highest BCUT2D eigenvalue weighted by atomic mass is 16.5. The molecule has 1 rings (SSSR count). The molecule has 1 aliphatic heterocycles. The Morgan fingerprint density at radius 2 is 2.36 bits per heavy atom. The van der Waals surface area contributed by atoms with Gasteiger partial charge in [-0.3, -0.25) is 5.32 Å². The summed E-state index contributed by atoms with van der Waals surface area (Å²) in [5.74, 6) is 0. The van der Waals surface area contributed by atoms with Crippen molar-refractivity contribution in [3.63, 3.8) is 0 Å². The lowest BCUT2D eigenvalue weighted by Gasteiger charge is -2.22. The number of hydrogen-bond donors (Lipinski definition) is 1. The Labute approximate surface area is 67.3 Å². The van der Waals surface area contributed by atoms with Crippen molar-refractivity contribution in [2.24, 2.45) is 0 Å². The molecule has 0 aromatic carbocycles. The molecule has 1 unspecified atom stereocenters. The molecule has 0 saturated carbocycles. The zero-order valence-electron chi connectivity index (χ0n) is 7.05. The summed E-state index contributed by atoms with van der Waals surface area (Å²) in [4.78, 5) is 0. The molecule has 1 atom stereocenters. The first-order chi connectivity index (χ1) is 5.18. The summed E-state index contributed by atoms with van der Waals surface area (Å²) in [6.45, 7) is 5.31. The third-order valence-corrected chi connectivity index (χ3v) is 1.80. The fraction of sp³-hybridized carbons (Fsp3) is 0.875. The number of nitriles is 1. The van der Waals surface area contributed by atoms with Gasteiger partial charge in [-0.2, -0.15) is 5.26 Å². The Morgan fingerprint density at radius 1 is 1.64 bits per heavy atom. The van der Waals surface area contributed by atoms with Gasteiger partial charge in [0.05, 0.1) is 12.7 Å². The largest absolute Gasteiger partial charge is 0.378 e. The number of rotatable bonds is 2. The lowest BCUT2D eigenvalue weighted by molar-refractivity contribution is 0.177. The lowest BCUT2D eigenvalue weighted by atomic mass is 10.0. The third kappa shape index (κ3) is 1.92. The summed E-state index contributed by atoms with van der Waals surface area (Å²) >= 11 is 0. The highest BCUT2D eigenvalue weighted by molar-refractivity contribution is 5.10. The first kappa shape index (κ1) is 8.51. The van der Waals surface area contributed by atoms with Crippen LogP contribution in [0.25, 0.3) is 0 Å². The van der Waals surface area contributed by atoms with E-state index in [9.17, 15) is 0 Å². The SMILES string of the molecule is CC(C)NC1(C#N)CCOC1. The number of ether oxygens (including phenoxy) is 1. The molecule has 0 radical (unpaired) electrons. The van der Waals surface area contributed by atoms with Crippen molar-refractivity contribution in [3.05, 3.63) is 0 Å². The van der Waals surface area contributed by atoms with Crippen LogP contribution in [-0.2, 0) is 4.74 Å². The maximum Gasteiger partial charge on any atom is 0.132 e. The van der Waals surface area contributed by atoms with E-state index in [0.29, 0.717) is 19.3 Å². The van der Waals surface area contributed by atoms with Crippen LogP contribution >= 0.6 is 0 Å². The minimum Gasteiger partial charge on any atom is -0.378 e. The summed E-state index contributed by atoms with van der Waals surface area (Å²) < 4.78 is 5.17. The molecular formula is C8H14N2O. The normalized spacial score (nSPS) is 30.7. The Kier molecular flexibility index (Phi) is 2.48. The van der Waals surface area contributed by atoms with Gasteiger partial charge in [0.15, 0.2) is 0 Å². The molecule has 0 aromatic heterocycles. The maximum absolute atomic E-state index is 8.87. The van der Waals surface area contributed by atoms with E-state index in [1.807, 2.05) is 13.8 Å². The minimum atomic E-state index is -0.409. The number of nitrogens with zero attached hydrogens (tertiary/aromatic N) is 1. The topological polar surface area (TPSA) is 45.0 Å². The second-order valence-corrected chi connectivity index (χ2v) is 3.30. The molecule has 0 aliphatic carbocycles. The van der Waals surface area contributed by atoms with E-state index >= 15 is 0 Å². The standard InChI is InChI=1S/C8H14N2O/c1-7(2)10-8(5-9)3-4-11-6-8/h7,10H,3-4,6H2,1-2H3. The highest BCUT2D eigenvalue weighted by Gasteiger charge is 2.34. The summed E-state index contributed by atoms with van der Waals surface area (Å²) in [6, 6.07) is 2.62. The predicted molar refractivity (Wildman–Crippen MR) is 42.1 cm³/mol. The fourth-order valence-corrected chi connectivity index (χ4v) is 1.35. The van der Waals surface area contributed by atoms with E-state index in [-0.39, 0.29) is 0 Å². The summed E-state index contributed by atoms with van der Waals surface area (Å²) in [6.07, 6.45) is 0.807. The summed E-state index contributed by atoms with van der Waals surface area (Å²) in [5.41, 5.74) is -0.409. The maximum atomic E-state index is 8.87. The van der Waals surface area contributed by atoms with Crippen molar-refractivity contribution in [2.75, 3.05) is 13.2 Å². The number of hydrogen-bond acceptors (Lipinski definition) is 3. The van der Waals surface area contributed by atoms with Gasteiger partial charge in [-0.25, -0.2) is 0 Å². The minimum absolute atomic E-state index is 0.344. The average Bonchev–Trinajstić information content (AvgIpc) is 2.36. The zero-order valence-corrected chi connectivity index (χ0v) is 7.05. The first-order valence-electron chi connectivity index (χ1n) is 3.95. The van der Waals surface area contributed by atoms with Crippen molar-refractivity contribution in [2.45, 2.75) is 31.8 Å². The van der Waals surface area contributed by atoms with Gasteiger partial charge in [-0.05, 0) is 13.8 Å². The van der Waals surface area contributed by atoms with Crippen LogP contribution in [0.15, 0.2) is 0 Å². The van der Waals surface area contributed by atoms with Gasteiger partial charge >= 0.3 is 0 Å². The van der Waals surface area contributed by atoms with Crippen molar-refractivity contribution in [1.29, 1.82) is 5.26 Å². The lowest BCUT2D eigenvalue weighted by Crippen LogP contribution is -2.47. The van der Waals surface area contributed by atoms with E-state index < -0.39 is 5.54 Å². The molecule has 62 valence electrons. The molecule has 3 nitrogen and oxygen atoms in total. The molecule has 0 bridgehead atoms. The Morgan fingerprint density at radius 3 is 2.73 bits per heavy atom. The van der Waals surface area contributed by atoms with Gasteiger partial charge in [-0.1, -0.05) is 0 Å². The molecule has 1 fully saturated rings. The second-order valence-electron chi connectivity index (χ2n) is 3.30. The van der Waals surface area contributed by atoms with Crippen molar-refractivity contribution in [1.82, 2.24) is 5.32 Å². The monoisotopic (exact) mass is 154 g/mol. The van der Waals surface area contributed by atoms with Crippen molar-refractivity contribution in [3.8, 4) is 6.07 Å². The Hall–Kier alpha value is -0.590. The molecule has 3 heteroatoms. The van der Waals surface area contributed by atoms with Gasteiger partial charge < -0.3 is 4.74 Å². The van der Waals surface area contributed by atoms with Gasteiger partial charge in [0, 0.05) is 19.1 Å². The molecule has 0 amide bonds. The molecule has 1 saturated heterocycles. The highest BCUT2D eigenvalue weighted by Crippen LogP contribution is 2.17. The molecule has 0 aromatic rings. The van der Waals surface area contributed by atoms with Crippen LogP contribution in [0, 0.1) is 11.3 Å².